The summed E-state index contributed by atoms with van der Waals surface area (Å²) in [7, 11) is 0. The lowest BCUT2D eigenvalue weighted by molar-refractivity contribution is -0.145. The van der Waals surface area contributed by atoms with Crippen molar-refractivity contribution in [1.82, 2.24) is 0 Å². The predicted octanol–water partition coefficient (Wildman–Crippen LogP) is 4.53. The van der Waals surface area contributed by atoms with Gasteiger partial charge in [0.1, 0.15) is 6.04 Å². The van der Waals surface area contributed by atoms with Crippen LogP contribution >= 0.6 is 11.8 Å². The number of carbonyl (C=O) groups excluding carboxylic acids is 1. The molecule has 4 heteroatoms. The van der Waals surface area contributed by atoms with Gasteiger partial charge in [0.15, 0.2) is 0 Å². The smallest absolute Gasteiger partial charge is 0.322 e. The van der Waals surface area contributed by atoms with Gasteiger partial charge >= 0.3 is 5.97 Å². The van der Waals surface area contributed by atoms with Crippen LogP contribution in [0.5, 0.6) is 0 Å². The Morgan fingerprint density at radius 2 is 1.52 bits per heavy atom. The van der Waals surface area contributed by atoms with Crippen molar-refractivity contribution in [2.75, 3.05) is 18.6 Å². The minimum Gasteiger partial charge on any atom is -0.465 e. The second-order valence-corrected chi connectivity index (χ2v) is 6.72. The van der Waals surface area contributed by atoms with E-state index in [0.717, 1.165) is 18.6 Å². The third-order valence-corrected chi connectivity index (χ3v) is 4.32. The van der Waals surface area contributed by atoms with Crippen molar-refractivity contribution in [3.05, 3.63) is 0 Å². The lowest BCUT2D eigenvalue weighted by Crippen LogP contribution is -2.33. The monoisotopic (exact) mass is 317 g/mol. The lowest BCUT2D eigenvalue weighted by Gasteiger charge is -2.10. The Morgan fingerprint density at radius 1 is 1.00 bits per heavy atom. The largest absolute Gasteiger partial charge is 0.465 e. The highest BCUT2D eigenvalue weighted by atomic mass is 32.2. The first-order chi connectivity index (χ1) is 10.2. The average Bonchev–Trinajstić information content (AvgIpc) is 2.49. The molecule has 0 rings (SSSR count). The van der Waals surface area contributed by atoms with Gasteiger partial charge in [0.25, 0.3) is 0 Å². The summed E-state index contributed by atoms with van der Waals surface area (Å²) < 4.78 is 5.20. The molecule has 126 valence electrons. The molecule has 0 saturated heterocycles. The van der Waals surface area contributed by atoms with E-state index in [1.807, 2.05) is 6.26 Å². The summed E-state index contributed by atoms with van der Waals surface area (Å²) in [5.41, 5.74) is 5.75. The van der Waals surface area contributed by atoms with Gasteiger partial charge in [-0.25, -0.2) is 0 Å². The molecule has 0 aliphatic rings. The van der Waals surface area contributed by atoms with Gasteiger partial charge in [-0.15, -0.1) is 0 Å². The highest BCUT2D eigenvalue weighted by Crippen LogP contribution is 2.10. The van der Waals surface area contributed by atoms with Gasteiger partial charge in [0.05, 0.1) is 6.61 Å². The van der Waals surface area contributed by atoms with E-state index in [2.05, 4.69) is 6.92 Å². The third-order valence-electron chi connectivity index (χ3n) is 3.68. The molecule has 0 aromatic rings. The van der Waals surface area contributed by atoms with Crippen molar-refractivity contribution in [2.24, 2.45) is 5.73 Å². The molecule has 0 aliphatic carbocycles. The fraction of sp³-hybridized carbons (Fsp3) is 0.941. The van der Waals surface area contributed by atoms with Crippen molar-refractivity contribution in [2.45, 2.75) is 83.6 Å². The Kier molecular flexibility index (Phi) is 16.0. The van der Waals surface area contributed by atoms with Crippen LogP contribution in [-0.2, 0) is 9.53 Å². The summed E-state index contributed by atoms with van der Waals surface area (Å²) in [5.74, 6) is 0.675. The van der Waals surface area contributed by atoms with Gasteiger partial charge < -0.3 is 10.5 Å². The molecule has 0 aromatic heterocycles. The number of esters is 1. The van der Waals surface area contributed by atoms with Crippen LogP contribution in [0.15, 0.2) is 0 Å². The SMILES string of the molecule is CCCCCCCCCCCCOC(=O)[C@@H](N)CCSC. The van der Waals surface area contributed by atoms with E-state index >= 15 is 0 Å². The van der Waals surface area contributed by atoms with Gasteiger partial charge in [-0.3, -0.25) is 4.79 Å². The second kappa shape index (κ2) is 16.2. The topological polar surface area (TPSA) is 52.3 Å². The molecule has 0 radical (unpaired) electrons. The van der Waals surface area contributed by atoms with Crippen molar-refractivity contribution in [1.29, 1.82) is 0 Å². The summed E-state index contributed by atoms with van der Waals surface area (Å²) in [6.45, 7) is 2.78. The first-order valence-corrected chi connectivity index (χ1v) is 10.0. The molecule has 0 unspecified atom stereocenters. The fourth-order valence-electron chi connectivity index (χ4n) is 2.23. The predicted molar refractivity (Wildman–Crippen MR) is 93.8 cm³/mol. The Balaban J connectivity index is 3.23. The molecule has 0 fully saturated rings. The van der Waals surface area contributed by atoms with Crippen LogP contribution in [0.3, 0.4) is 0 Å². The second-order valence-electron chi connectivity index (χ2n) is 5.74. The minimum atomic E-state index is -0.444. The fourth-order valence-corrected chi connectivity index (χ4v) is 2.72. The summed E-state index contributed by atoms with van der Waals surface area (Å²) in [6.07, 6.45) is 15.6. The van der Waals surface area contributed by atoms with Crippen molar-refractivity contribution in [3.63, 3.8) is 0 Å². The summed E-state index contributed by atoms with van der Waals surface area (Å²) in [6, 6.07) is -0.444. The number of hydrogen-bond donors (Lipinski definition) is 1. The highest BCUT2D eigenvalue weighted by molar-refractivity contribution is 7.98. The zero-order chi connectivity index (χ0) is 15.8. The molecule has 0 saturated carbocycles. The molecule has 0 bridgehead atoms. The van der Waals surface area contributed by atoms with Crippen LogP contribution in [0, 0.1) is 0 Å². The van der Waals surface area contributed by atoms with E-state index in [4.69, 9.17) is 10.5 Å². The normalized spacial score (nSPS) is 12.3. The van der Waals surface area contributed by atoms with Gasteiger partial charge in [-0.05, 0) is 24.9 Å². The van der Waals surface area contributed by atoms with E-state index in [1.165, 1.54) is 51.4 Å². The van der Waals surface area contributed by atoms with E-state index in [1.54, 1.807) is 11.8 Å². The number of unbranched alkanes of at least 4 members (excludes halogenated alkanes) is 9. The lowest BCUT2D eigenvalue weighted by atomic mass is 10.1. The number of hydrogen-bond acceptors (Lipinski definition) is 4. The Hall–Kier alpha value is -0.220. The van der Waals surface area contributed by atoms with Crippen molar-refractivity contribution < 1.29 is 9.53 Å². The molecule has 0 spiro atoms. The van der Waals surface area contributed by atoms with E-state index in [0.29, 0.717) is 13.0 Å². The first-order valence-electron chi connectivity index (χ1n) is 8.63. The maximum atomic E-state index is 11.6. The molecular weight excluding hydrogens is 282 g/mol. The van der Waals surface area contributed by atoms with Crippen LogP contribution in [0.1, 0.15) is 77.6 Å². The molecule has 0 aromatic carbocycles. The van der Waals surface area contributed by atoms with Crippen LogP contribution in [0.25, 0.3) is 0 Å². The Labute approximate surface area is 135 Å². The zero-order valence-electron chi connectivity index (χ0n) is 14.1. The molecule has 0 heterocycles. The van der Waals surface area contributed by atoms with Crippen LogP contribution in [0.2, 0.25) is 0 Å². The molecule has 3 nitrogen and oxygen atoms in total. The average molecular weight is 318 g/mol. The summed E-state index contributed by atoms with van der Waals surface area (Å²) >= 11 is 1.71. The van der Waals surface area contributed by atoms with Crippen LogP contribution in [-0.4, -0.2) is 30.6 Å². The molecule has 2 N–H and O–H groups in total. The van der Waals surface area contributed by atoms with Crippen LogP contribution in [0.4, 0.5) is 0 Å². The molecule has 0 amide bonds. The van der Waals surface area contributed by atoms with Crippen molar-refractivity contribution in [3.8, 4) is 0 Å². The zero-order valence-corrected chi connectivity index (χ0v) is 14.9. The number of nitrogens with two attached hydrogens (primary N) is 1. The first kappa shape index (κ1) is 20.8. The van der Waals surface area contributed by atoms with E-state index in [9.17, 15) is 4.79 Å². The highest BCUT2D eigenvalue weighted by Gasteiger charge is 2.13. The summed E-state index contributed by atoms with van der Waals surface area (Å²) in [5, 5.41) is 0. The Morgan fingerprint density at radius 3 is 2.05 bits per heavy atom. The minimum absolute atomic E-state index is 0.236. The van der Waals surface area contributed by atoms with E-state index in [-0.39, 0.29) is 5.97 Å². The van der Waals surface area contributed by atoms with E-state index < -0.39 is 6.04 Å². The maximum Gasteiger partial charge on any atom is 0.322 e. The maximum absolute atomic E-state index is 11.6. The molecule has 1 atom stereocenters. The number of carbonyl (C=O) groups is 1. The molecule has 21 heavy (non-hydrogen) atoms. The standard InChI is InChI=1S/C17H35NO2S/c1-3-4-5-6-7-8-9-10-11-12-14-20-17(19)16(18)13-15-21-2/h16H,3-15,18H2,1-2H3/t16-/m0/s1. The third kappa shape index (κ3) is 14.5. The quantitative estimate of drug-likeness (QED) is 0.356. The van der Waals surface area contributed by atoms with Gasteiger partial charge in [-0.1, -0.05) is 64.7 Å². The van der Waals surface area contributed by atoms with Gasteiger partial charge in [0.2, 0.25) is 0 Å². The van der Waals surface area contributed by atoms with Crippen molar-refractivity contribution >= 4 is 17.7 Å². The van der Waals surface area contributed by atoms with Gasteiger partial charge in [-0.2, -0.15) is 11.8 Å². The molecule has 0 aliphatic heterocycles. The van der Waals surface area contributed by atoms with Gasteiger partial charge in [0, 0.05) is 0 Å². The Bertz CT molecular complexity index is 237. The van der Waals surface area contributed by atoms with Crippen LogP contribution < -0.4 is 5.73 Å². The number of ether oxygens (including phenoxy) is 1. The molecular formula is C17H35NO2S. The summed E-state index contributed by atoms with van der Waals surface area (Å²) in [4.78, 5) is 11.6. The number of thioether (sulfide) groups is 1. The number of rotatable bonds is 15.